The highest BCUT2D eigenvalue weighted by Crippen LogP contribution is 2.31. The molecule has 4 rings (SSSR count). The Labute approximate surface area is 191 Å². The lowest BCUT2D eigenvalue weighted by Crippen LogP contribution is -2.51. The minimum atomic E-state index is -0.806. The number of urea groups is 1. The molecule has 7 nitrogen and oxygen atoms in total. The molecule has 7 heteroatoms. The molecule has 32 heavy (non-hydrogen) atoms. The van der Waals surface area contributed by atoms with Gasteiger partial charge in [0.2, 0.25) is 5.91 Å². The van der Waals surface area contributed by atoms with Crippen LogP contribution in [0.25, 0.3) is 0 Å². The number of anilines is 1. The van der Waals surface area contributed by atoms with Gasteiger partial charge >= 0.3 is 6.03 Å². The van der Waals surface area contributed by atoms with Crippen molar-refractivity contribution in [3.05, 3.63) is 29.8 Å². The van der Waals surface area contributed by atoms with Crippen LogP contribution in [0.5, 0.6) is 0 Å². The fourth-order valence-electron chi connectivity index (χ4n) is 5.50. The number of imide groups is 1. The van der Waals surface area contributed by atoms with E-state index in [1.54, 1.807) is 17.0 Å². The maximum absolute atomic E-state index is 12.9. The number of rotatable bonds is 6. The maximum atomic E-state index is 12.9. The lowest BCUT2D eigenvalue weighted by molar-refractivity contribution is -0.133. The first-order valence-corrected chi connectivity index (χ1v) is 12.1. The van der Waals surface area contributed by atoms with E-state index in [0.29, 0.717) is 23.6 Å². The van der Waals surface area contributed by atoms with Gasteiger partial charge in [-0.15, -0.1) is 0 Å². The van der Waals surface area contributed by atoms with Gasteiger partial charge < -0.3 is 15.1 Å². The topological polar surface area (TPSA) is 73.0 Å². The molecule has 3 fully saturated rings. The van der Waals surface area contributed by atoms with Crippen LogP contribution in [0.15, 0.2) is 24.3 Å². The molecule has 1 aromatic rings. The van der Waals surface area contributed by atoms with Crippen LogP contribution in [0.1, 0.15) is 63.9 Å². The van der Waals surface area contributed by atoms with E-state index in [9.17, 15) is 14.4 Å². The summed E-state index contributed by atoms with van der Waals surface area (Å²) in [5.41, 5.74) is 1.69. The van der Waals surface area contributed by atoms with E-state index in [-0.39, 0.29) is 18.2 Å². The summed E-state index contributed by atoms with van der Waals surface area (Å²) in [7, 11) is 1.83. The molecule has 3 atom stereocenters. The summed E-state index contributed by atoms with van der Waals surface area (Å²) in [5.74, 6) is 0.416. The number of carbonyl (C=O) groups excluding carboxylic acids is 3. The molecule has 3 aliphatic heterocycles. The Hall–Kier alpha value is -2.41. The Morgan fingerprint density at radius 1 is 1.09 bits per heavy atom. The quantitative estimate of drug-likeness (QED) is 0.689. The third-order valence-corrected chi connectivity index (χ3v) is 7.38. The van der Waals surface area contributed by atoms with E-state index >= 15 is 0 Å². The predicted molar refractivity (Wildman–Crippen MR) is 125 cm³/mol. The zero-order valence-corrected chi connectivity index (χ0v) is 19.5. The van der Waals surface area contributed by atoms with Crippen molar-refractivity contribution in [2.75, 3.05) is 31.6 Å². The Morgan fingerprint density at radius 3 is 2.53 bits per heavy atom. The van der Waals surface area contributed by atoms with Crippen LogP contribution in [0.3, 0.4) is 0 Å². The van der Waals surface area contributed by atoms with Gasteiger partial charge in [0.1, 0.15) is 6.04 Å². The maximum Gasteiger partial charge on any atom is 0.329 e. The number of carbonyl (C=O) groups is 3. The number of benzene rings is 1. The first kappa shape index (κ1) is 22.8. The summed E-state index contributed by atoms with van der Waals surface area (Å²) in [5, 5.41) is 2.71. The number of hydrogen-bond acceptors (Lipinski definition) is 4. The van der Waals surface area contributed by atoms with Gasteiger partial charge in [-0.05, 0) is 68.3 Å². The predicted octanol–water partition coefficient (Wildman–Crippen LogP) is 3.35. The van der Waals surface area contributed by atoms with E-state index in [2.05, 4.69) is 24.1 Å². The number of amides is 4. The Morgan fingerprint density at radius 2 is 1.81 bits per heavy atom. The van der Waals surface area contributed by atoms with Gasteiger partial charge in [-0.2, -0.15) is 0 Å². The minimum absolute atomic E-state index is 0.00273. The number of piperidine rings is 2. The van der Waals surface area contributed by atoms with Crippen molar-refractivity contribution in [2.45, 2.75) is 70.4 Å². The molecule has 0 saturated carbocycles. The lowest BCUT2D eigenvalue weighted by Gasteiger charge is -2.45. The largest absolute Gasteiger partial charge is 0.345 e. The lowest BCUT2D eigenvalue weighted by atomic mass is 9.83. The summed E-state index contributed by atoms with van der Waals surface area (Å²) in [6.45, 7) is 7.26. The first-order chi connectivity index (χ1) is 15.3. The molecule has 3 saturated heterocycles. The number of nitrogens with one attached hydrogen (secondary N) is 1. The van der Waals surface area contributed by atoms with Crippen molar-refractivity contribution in [2.24, 2.45) is 5.92 Å². The number of nitrogens with zero attached hydrogens (tertiary/aromatic N) is 3. The molecule has 0 bridgehead atoms. The molecular formula is C25H36N4O3. The van der Waals surface area contributed by atoms with Crippen molar-refractivity contribution in [1.82, 2.24) is 15.1 Å². The molecule has 0 radical (unpaired) electrons. The van der Waals surface area contributed by atoms with E-state index < -0.39 is 12.1 Å². The van der Waals surface area contributed by atoms with Crippen LogP contribution < -0.4 is 10.2 Å². The number of hydrogen-bond donors (Lipinski definition) is 1. The smallest absolute Gasteiger partial charge is 0.329 e. The Balaban J connectivity index is 1.35. The average Bonchev–Trinajstić information content (AvgIpc) is 3.06. The van der Waals surface area contributed by atoms with Crippen LogP contribution in [0.2, 0.25) is 0 Å². The van der Waals surface area contributed by atoms with Crippen LogP contribution in [-0.4, -0.2) is 66.4 Å². The highest BCUT2D eigenvalue weighted by molar-refractivity contribution is 6.22. The van der Waals surface area contributed by atoms with Crippen molar-refractivity contribution >= 4 is 23.5 Å². The van der Waals surface area contributed by atoms with Crippen molar-refractivity contribution in [1.29, 1.82) is 0 Å². The van der Waals surface area contributed by atoms with Gasteiger partial charge in [0.05, 0.1) is 12.1 Å². The Bertz CT molecular complexity index is 851. The molecule has 0 aromatic heterocycles. The molecule has 0 unspecified atom stereocenters. The van der Waals surface area contributed by atoms with Gasteiger partial charge in [0.15, 0.2) is 0 Å². The van der Waals surface area contributed by atoms with Gasteiger partial charge in [-0.1, -0.05) is 32.4 Å². The van der Waals surface area contributed by atoms with Crippen LogP contribution >= 0.6 is 0 Å². The normalized spacial score (nSPS) is 26.2. The molecule has 3 aliphatic rings. The van der Waals surface area contributed by atoms with E-state index in [1.165, 1.54) is 38.8 Å². The molecule has 0 aliphatic carbocycles. The van der Waals surface area contributed by atoms with Crippen molar-refractivity contribution in [3.63, 3.8) is 0 Å². The molecule has 1 aromatic carbocycles. The highest BCUT2D eigenvalue weighted by Gasteiger charge is 2.41. The standard InChI is InChI=1S/C25H36N4O3/c1-17(2)18-9-11-20(12-10-18)29-24(31)21(26-25(29)32)15-23(30)27(3)16-19-7-6-14-28-13-5-4-8-22(19)28/h9-12,17,19,21-22H,4-8,13-16H2,1-3H3,(H,26,32)/t19-,21-,22-/m1/s1. The van der Waals surface area contributed by atoms with Crippen LogP contribution in [0.4, 0.5) is 10.5 Å². The monoisotopic (exact) mass is 440 g/mol. The summed E-state index contributed by atoms with van der Waals surface area (Å²) in [6, 6.07) is 6.77. The molecule has 3 heterocycles. The molecule has 4 amide bonds. The van der Waals surface area contributed by atoms with Crippen molar-refractivity contribution < 1.29 is 14.4 Å². The molecule has 0 spiro atoms. The Kier molecular flexibility index (Phi) is 6.84. The minimum Gasteiger partial charge on any atom is -0.345 e. The zero-order chi connectivity index (χ0) is 22.8. The van der Waals surface area contributed by atoms with Gasteiger partial charge in [0.25, 0.3) is 5.91 Å². The molecule has 1 N–H and O–H groups in total. The van der Waals surface area contributed by atoms with Crippen LogP contribution in [0, 0.1) is 5.92 Å². The summed E-state index contributed by atoms with van der Waals surface area (Å²) < 4.78 is 0. The summed E-state index contributed by atoms with van der Waals surface area (Å²) in [6.07, 6.45) is 6.10. The fourth-order valence-corrected chi connectivity index (χ4v) is 5.50. The second-order valence-electron chi connectivity index (χ2n) is 9.90. The van der Waals surface area contributed by atoms with E-state index in [4.69, 9.17) is 0 Å². The van der Waals surface area contributed by atoms with Crippen LogP contribution in [-0.2, 0) is 9.59 Å². The third kappa shape index (κ3) is 4.68. The first-order valence-electron chi connectivity index (χ1n) is 12.1. The zero-order valence-electron chi connectivity index (χ0n) is 19.5. The average molecular weight is 441 g/mol. The van der Waals surface area contributed by atoms with Crippen molar-refractivity contribution in [3.8, 4) is 0 Å². The SMILES string of the molecule is CC(C)c1ccc(N2C(=O)N[C@H](CC(=O)N(C)C[C@H]3CCCN4CCCC[C@H]34)C2=O)cc1. The highest BCUT2D eigenvalue weighted by atomic mass is 16.2. The van der Waals surface area contributed by atoms with Gasteiger partial charge in [-0.25, -0.2) is 9.69 Å². The molecule has 174 valence electrons. The molecular weight excluding hydrogens is 404 g/mol. The van der Waals surface area contributed by atoms with Gasteiger partial charge in [0, 0.05) is 19.6 Å². The summed E-state index contributed by atoms with van der Waals surface area (Å²) >= 11 is 0. The number of fused-ring (bicyclic) bond motifs is 1. The second kappa shape index (κ2) is 9.61. The third-order valence-electron chi connectivity index (χ3n) is 7.38. The van der Waals surface area contributed by atoms with E-state index in [0.717, 1.165) is 23.4 Å². The van der Waals surface area contributed by atoms with Gasteiger partial charge in [-0.3, -0.25) is 9.59 Å². The second-order valence-corrected chi connectivity index (χ2v) is 9.90. The van der Waals surface area contributed by atoms with E-state index in [1.807, 2.05) is 19.2 Å². The fraction of sp³-hybridized carbons (Fsp3) is 0.640. The summed E-state index contributed by atoms with van der Waals surface area (Å²) in [4.78, 5) is 43.9.